The number of hydrogen-bond donors (Lipinski definition) is 1. The Morgan fingerprint density at radius 1 is 1.62 bits per heavy atom. The fraction of sp³-hybridized carbons (Fsp3) is 0.750. The van der Waals surface area contributed by atoms with E-state index in [0.717, 1.165) is 13.0 Å². The molecule has 0 radical (unpaired) electrons. The van der Waals surface area contributed by atoms with Crippen LogP contribution in [0.2, 0.25) is 0 Å². The van der Waals surface area contributed by atoms with Crippen molar-refractivity contribution in [3.05, 3.63) is 11.7 Å². The summed E-state index contributed by atoms with van der Waals surface area (Å²) in [4.78, 5) is 4.13. The zero-order valence-electron chi connectivity index (χ0n) is 7.56. The van der Waals surface area contributed by atoms with Gasteiger partial charge >= 0.3 is 0 Å². The molecule has 0 aromatic carbocycles. The monoisotopic (exact) mass is 183 g/mol. The van der Waals surface area contributed by atoms with Crippen molar-refractivity contribution in [1.82, 2.24) is 10.1 Å². The molecule has 1 saturated heterocycles. The maximum atomic E-state index is 5.47. The molecule has 13 heavy (non-hydrogen) atoms. The van der Waals surface area contributed by atoms with Gasteiger partial charge in [0.25, 0.3) is 5.89 Å². The Hall–Kier alpha value is -0.940. The molecular formula is C8H13N3O2. The summed E-state index contributed by atoms with van der Waals surface area (Å²) in [6.45, 7) is 3.20. The lowest BCUT2D eigenvalue weighted by atomic mass is 10.0. The Balaban J connectivity index is 2.15. The van der Waals surface area contributed by atoms with Gasteiger partial charge in [-0.05, 0) is 12.3 Å². The van der Waals surface area contributed by atoms with Gasteiger partial charge in [0.05, 0.1) is 6.54 Å². The second kappa shape index (κ2) is 3.43. The third-order valence-corrected chi connectivity index (χ3v) is 2.30. The quantitative estimate of drug-likeness (QED) is 0.727. The summed E-state index contributed by atoms with van der Waals surface area (Å²) >= 11 is 0. The lowest BCUT2D eigenvalue weighted by Crippen LogP contribution is -2.05. The standard InChI is InChI=1S/C8H13N3O2/c1-5-2-3-12-7(5)8-10-6(4-9)11-13-8/h5,7H,2-4,9H2,1H3. The van der Waals surface area contributed by atoms with E-state index in [-0.39, 0.29) is 6.10 Å². The van der Waals surface area contributed by atoms with Crippen LogP contribution in [0, 0.1) is 5.92 Å². The molecule has 1 aliphatic rings. The van der Waals surface area contributed by atoms with Crippen molar-refractivity contribution in [2.75, 3.05) is 6.61 Å². The highest BCUT2D eigenvalue weighted by molar-refractivity contribution is 4.93. The number of hydrogen-bond acceptors (Lipinski definition) is 5. The van der Waals surface area contributed by atoms with Crippen molar-refractivity contribution in [2.24, 2.45) is 11.7 Å². The molecule has 0 spiro atoms. The number of ether oxygens (including phenoxy) is 1. The van der Waals surface area contributed by atoms with E-state index >= 15 is 0 Å². The summed E-state index contributed by atoms with van der Waals surface area (Å²) in [6.07, 6.45) is 1.01. The zero-order valence-corrected chi connectivity index (χ0v) is 7.56. The number of nitrogens with zero attached hydrogens (tertiary/aromatic N) is 2. The van der Waals surface area contributed by atoms with Crippen molar-refractivity contribution in [1.29, 1.82) is 0 Å². The van der Waals surface area contributed by atoms with Crippen molar-refractivity contribution in [2.45, 2.75) is 26.0 Å². The predicted molar refractivity (Wildman–Crippen MR) is 44.7 cm³/mol. The second-order valence-corrected chi connectivity index (χ2v) is 3.31. The Kier molecular flexibility index (Phi) is 2.28. The SMILES string of the molecule is CC1CCOC1c1nc(CN)no1. The van der Waals surface area contributed by atoms with Crippen molar-refractivity contribution in [3.63, 3.8) is 0 Å². The van der Waals surface area contributed by atoms with Crippen molar-refractivity contribution in [3.8, 4) is 0 Å². The molecule has 0 bridgehead atoms. The first-order valence-electron chi connectivity index (χ1n) is 4.45. The topological polar surface area (TPSA) is 74.2 Å². The van der Waals surface area contributed by atoms with E-state index < -0.39 is 0 Å². The van der Waals surface area contributed by atoms with Gasteiger partial charge < -0.3 is 15.0 Å². The summed E-state index contributed by atoms with van der Waals surface area (Å²) in [5.41, 5.74) is 5.37. The number of aromatic nitrogens is 2. The van der Waals surface area contributed by atoms with Crippen LogP contribution in [0.4, 0.5) is 0 Å². The van der Waals surface area contributed by atoms with Crippen LogP contribution in [0.15, 0.2) is 4.52 Å². The van der Waals surface area contributed by atoms with Crippen molar-refractivity contribution < 1.29 is 9.26 Å². The fourth-order valence-electron chi connectivity index (χ4n) is 1.48. The fourth-order valence-corrected chi connectivity index (χ4v) is 1.48. The van der Waals surface area contributed by atoms with Gasteiger partial charge in [0.2, 0.25) is 0 Å². The largest absolute Gasteiger partial charge is 0.368 e. The first kappa shape index (κ1) is 8.65. The first-order chi connectivity index (χ1) is 6.31. The van der Waals surface area contributed by atoms with Crippen LogP contribution < -0.4 is 5.73 Å². The van der Waals surface area contributed by atoms with Gasteiger partial charge in [-0.15, -0.1) is 0 Å². The second-order valence-electron chi connectivity index (χ2n) is 3.31. The summed E-state index contributed by atoms with van der Waals surface area (Å²) in [6, 6.07) is 0. The molecule has 2 rings (SSSR count). The average molecular weight is 183 g/mol. The highest BCUT2D eigenvalue weighted by Gasteiger charge is 2.30. The Morgan fingerprint density at radius 2 is 2.46 bits per heavy atom. The summed E-state index contributed by atoms with van der Waals surface area (Å²) in [5, 5.41) is 3.72. The van der Waals surface area contributed by atoms with Crippen LogP contribution in [0.5, 0.6) is 0 Å². The van der Waals surface area contributed by atoms with Crippen LogP contribution in [-0.4, -0.2) is 16.7 Å². The zero-order chi connectivity index (χ0) is 9.26. The third-order valence-electron chi connectivity index (χ3n) is 2.30. The molecule has 0 saturated carbocycles. The van der Waals surface area contributed by atoms with Crippen molar-refractivity contribution >= 4 is 0 Å². The van der Waals surface area contributed by atoms with E-state index in [9.17, 15) is 0 Å². The molecule has 5 heteroatoms. The first-order valence-corrected chi connectivity index (χ1v) is 4.45. The van der Waals surface area contributed by atoms with Gasteiger partial charge in [-0.3, -0.25) is 0 Å². The smallest absolute Gasteiger partial charge is 0.256 e. The van der Waals surface area contributed by atoms with Gasteiger partial charge in [0, 0.05) is 6.61 Å². The normalized spacial score (nSPS) is 28.2. The molecule has 72 valence electrons. The van der Waals surface area contributed by atoms with Gasteiger partial charge in [-0.1, -0.05) is 12.1 Å². The minimum absolute atomic E-state index is 0.0344. The van der Waals surface area contributed by atoms with E-state index in [2.05, 4.69) is 17.1 Å². The Morgan fingerprint density at radius 3 is 3.00 bits per heavy atom. The van der Waals surface area contributed by atoms with Crippen LogP contribution >= 0.6 is 0 Å². The molecule has 2 heterocycles. The molecule has 2 N–H and O–H groups in total. The van der Waals surface area contributed by atoms with Gasteiger partial charge in [0.15, 0.2) is 5.82 Å². The van der Waals surface area contributed by atoms with Crippen LogP contribution in [0.3, 0.4) is 0 Å². The maximum absolute atomic E-state index is 5.47. The van der Waals surface area contributed by atoms with Crippen LogP contribution in [0.25, 0.3) is 0 Å². The molecule has 1 aromatic rings. The minimum Gasteiger partial charge on any atom is -0.368 e. The maximum Gasteiger partial charge on any atom is 0.256 e. The summed E-state index contributed by atoms with van der Waals surface area (Å²) in [7, 11) is 0. The predicted octanol–water partition coefficient (Wildman–Crippen LogP) is 0.626. The van der Waals surface area contributed by atoms with E-state index in [0.29, 0.717) is 24.2 Å². The molecule has 1 aliphatic heterocycles. The molecular weight excluding hydrogens is 170 g/mol. The number of nitrogens with two attached hydrogens (primary N) is 1. The van der Waals surface area contributed by atoms with E-state index in [1.807, 2.05) is 0 Å². The van der Waals surface area contributed by atoms with Crippen LogP contribution in [0.1, 0.15) is 31.2 Å². The highest BCUT2D eigenvalue weighted by Crippen LogP contribution is 2.32. The third kappa shape index (κ3) is 1.57. The molecule has 2 unspecified atom stereocenters. The lowest BCUT2D eigenvalue weighted by Gasteiger charge is -2.07. The average Bonchev–Trinajstić information content (AvgIpc) is 2.71. The molecule has 0 amide bonds. The van der Waals surface area contributed by atoms with Gasteiger partial charge in [-0.2, -0.15) is 4.98 Å². The highest BCUT2D eigenvalue weighted by atomic mass is 16.5. The Labute approximate surface area is 76.3 Å². The summed E-state index contributed by atoms with van der Waals surface area (Å²) < 4.78 is 10.5. The molecule has 5 nitrogen and oxygen atoms in total. The Bertz CT molecular complexity index is 287. The molecule has 2 atom stereocenters. The van der Waals surface area contributed by atoms with E-state index in [1.54, 1.807) is 0 Å². The van der Waals surface area contributed by atoms with Crippen LogP contribution in [-0.2, 0) is 11.3 Å². The van der Waals surface area contributed by atoms with Gasteiger partial charge in [-0.25, -0.2) is 0 Å². The summed E-state index contributed by atoms with van der Waals surface area (Å²) in [5.74, 6) is 1.55. The number of rotatable bonds is 2. The van der Waals surface area contributed by atoms with Gasteiger partial charge in [0.1, 0.15) is 6.10 Å². The molecule has 1 fully saturated rings. The van der Waals surface area contributed by atoms with E-state index in [1.165, 1.54) is 0 Å². The van der Waals surface area contributed by atoms with E-state index in [4.69, 9.17) is 15.0 Å². The molecule has 1 aromatic heterocycles. The minimum atomic E-state index is -0.0344. The lowest BCUT2D eigenvalue weighted by molar-refractivity contribution is 0.0661. The molecule has 0 aliphatic carbocycles.